The van der Waals surface area contributed by atoms with Crippen LogP contribution in [0.3, 0.4) is 0 Å². The minimum atomic E-state index is 0.218. The number of halogens is 2. The summed E-state index contributed by atoms with van der Waals surface area (Å²) in [7, 11) is 2.20. The van der Waals surface area contributed by atoms with Crippen molar-refractivity contribution < 1.29 is 14.3 Å². The summed E-state index contributed by atoms with van der Waals surface area (Å²) < 4.78 is 10.6. The van der Waals surface area contributed by atoms with Crippen molar-refractivity contribution >= 4 is 40.6 Å². The van der Waals surface area contributed by atoms with Crippen molar-refractivity contribution in [3.05, 3.63) is 93.6 Å². The summed E-state index contributed by atoms with van der Waals surface area (Å²) in [5, 5.41) is 2.67. The highest BCUT2D eigenvalue weighted by atomic mass is 35.5. The second-order valence-electron chi connectivity index (χ2n) is 10.6. The Morgan fingerprint density at radius 1 is 0.929 bits per heavy atom. The Morgan fingerprint density at radius 2 is 1.60 bits per heavy atom. The highest BCUT2D eigenvalue weighted by Crippen LogP contribution is 2.38. The highest BCUT2D eigenvalue weighted by molar-refractivity contribution is 6.31. The lowest BCUT2D eigenvalue weighted by Gasteiger charge is -2.33. The van der Waals surface area contributed by atoms with Crippen molar-refractivity contribution in [3.63, 3.8) is 0 Å². The molecule has 0 bridgehead atoms. The van der Waals surface area contributed by atoms with E-state index in [1.807, 2.05) is 6.07 Å². The third kappa shape index (κ3) is 8.51. The molecule has 6 nitrogen and oxygen atoms in total. The molecule has 0 fully saturated rings. The molecule has 0 spiro atoms. The van der Waals surface area contributed by atoms with Gasteiger partial charge in [-0.2, -0.15) is 0 Å². The van der Waals surface area contributed by atoms with Crippen LogP contribution >= 0.6 is 23.2 Å². The first-order valence-electron chi connectivity index (χ1n) is 14.7. The molecule has 0 saturated carbocycles. The fourth-order valence-electron chi connectivity index (χ4n) is 5.56. The molecule has 2 heterocycles. The Hall–Kier alpha value is -3.03. The minimum absolute atomic E-state index is 0.218. The normalized spacial score (nSPS) is 14.8. The smallest absolute Gasteiger partial charge is 0.298 e. The van der Waals surface area contributed by atoms with E-state index in [1.165, 1.54) is 53.7 Å². The van der Waals surface area contributed by atoms with Crippen molar-refractivity contribution in [3.8, 4) is 11.5 Å². The monoisotopic (exact) mass is 609 g/mol. The van der Waals surface area contributed by atoms with E-state index in [-0.39, 0.29) is 6.04 Å². The van der Waals surface area contributed by atoms with Gasteiger partial charge in [0.2, 0.25) is 0 Å². The number of carbonyl (C=O) groups excluding carboxylic acids is 1. The van der Waals surface area contributed by atoms with Crippen LogP contribution in [0, 0.1) is 0 Å². The van der Waals surface area contributed by atoms with Crippen molar-refractivity contribution in [1.29, 1.82) is 0 Å². The highest BCUT2D eigenvalue weighted by Gasteiger charge is 2.29. The second kappa shape index (κ2) is 16.0. The SMILES string of the molecule is CCCN(CCC)CCCOc1ccc(C2c3[nH]c4ccc(Cl)cc4c3CCN2C)cc1.O=COc1ccc(Cl)cc1. The summed E-state index contributed by atoms with van der Waals surface area (Å²) in [6.45, 7) is 10.1. The van der Waals surface area contributed by atoms with E-state index in [0.29, 0.717) is 17.2 Å². The predicted octanol–water partition coefficient (Wildman–Crippen LogP) is 8.16. The molecule has 1 N–H and O–H groups in total. The van der Waals surface area contributed by atoms with Gasteiger partial charge in [-0.15, -0.1) is 0 Å². The number of H-pyrrole nitrogens is 1. The van der Waals surface area contributed by atoms with Crippen LogP contribution in [0.4, 0.5) is 0 Å². The molecule has 1 aromatic heterocycles. The first-order valence-corrected chi connectivity index (χ1v) is 15.5. The zero-order valence-corrected chi connectivity index (χ0v) is 26.3. The van der Waals surface area contributed by atoms with E-state index in [4.69, 9.17) is 27.9 Å². The Kier molecular flexibility index (Phi) is 12.1. The molecule has 5 rings (SSSR count). The number of nitrogens with one attached hydrogen (secondary N) is 1. The van der Waals surface area contributed by atoms with Gasteiger partial charge in [0.15, 0.2) is 0 Å². The molecule has 0 saturated heterocycles. The predicted molar refractivity (Wildman–Crippen MR) is 173 cm³/mol. The number of likely N-dealkylation sites (N-methyl/N-ethyl adjacent to an activating group) is 1. The van der Waals surface area contributed by atoms with Gasteiger partial charge in [-0.25, -0.2) is 0 Å². The Balaban J connectivity index is 0.000000343. The molecule has 8 heteroatoms. The third-order valence-corrected chi connectivity index (χ3v) is 7.98. The lowest BCUT2D eigenvalue weighted by molar-refractivity contribution is -0.120. The molecule has 1 aliphatic heterocycles. The molecule has 0 aliphatic carbocycles. The van der Waals surface area contributed by atoms with Crippen LogP contribution in [0.25, 0.3) is 10.9 Å². The van der Waals surface area contributed by atoms with Crippen LogP contribution < -0.4 is 9.47 Å². The van der Waals surface area contributed by atoms with Gasteiger partial charge in [0.1, 0.15) is 11.5 Å². The lowest BCUT2D eigenvalue weighted by Crippen LogP contribution is -2.32. The minimum Gasteiger partial charge on any atom is -0.494 e. The third-order valence-electron chi connectivity index (χ3n) is 7.49. The van der Waals surface area contributed by atoms with Gasteiger partial charge < -0.3 is 19.4 Å². The van der Waals surface area contributed by atoms with E-state index in [0.717, 1.165) is 43.3 Å². The molecule has 1 unspecified atom stereocenters. The lowest BCUT2D eigenvalue weighted by atomic mass is 9.93. The fourth-order valence-corrected chi connectivity index (χ4v) is 5.86. The number of carbonyl (C=O) groups is 1. The standard InChI is InChI=1S/C27H36ClN3O.C7H5ClO2/c1-4-14-31(15-5-2)16-6-18-32-22-10-7-20(8-11-22)27-26-23(13-17-30(27)3)24-19-21(28)9-12-25(24)29-26;8-6-1-3-7(4-2-6)10-5-9/h7-12,19,27,29H,4-6,13-18H2,1-3H3;1-5H. The van der Waals surface area contributed by atoms with Crippen LogP contribution in [0.15, 0.2) is 66.7 Å². The molecular formula is C34H41Cl2N3O3. The van der Waals surface area contributed by atoms with Gasteiger partial charge in [-0.05, 0) is 112 Å². The summed E-state index contributed by atoms with van der Waals surface area (Å²) >= 11 is 11.8. The fraction of sp³-hybridized carbons (Fsp3) is 0.382. The van der Waals surface area contributed by atoms with Crippen LogP contribution in [0.5, 0.6) is 11.5 Å². The number of benzene rings is 3. The van der Waals surface area contributed by atoms with Crippen LogP contribution in [0.1, 0.15) is 56.0 Å². The van der Waals surface area contributed by atoms with Gasteiger partial charge in [-0.3, -0.25) is 9.69 Å². The Labute approximate surface area is 259 Å². The molecule has 42 heavy (non-hydrogen) atoms. The zero-order chi connectivity index (χ0) is 29.9. The molecule has 224 valence electrons. The molecule has 0 radical (unpaired) electrons. The maximum atomic E-state index is 9.80. The molecule has 3 aromatic carbocycles. The number of fused-ring (bicyclic) bond motifs is 3. The number of hydrogen-bond acceptors (Lipinski definition) is 5. The largest absolute Gasteiger partial charge is 0.494 e. The summed E-state index contributed by atoms with van der Waals surface area (Å²) in [5.41, 5.74) is 5.14. The van der Waals surface area contributed by atoms with Crippen LogP contribution in [-0.4, -0.2) is 61.1 Å². The summed E-state index contributed by atoms with van der Waals surface area (Å²) in [6, 6.07) is 21.6. The van der Waals surface area contributed by atoms with E-state index < -0.39 is 0 Å². The zero-order valence-electron chi connectivity index (χ0n) is 24.7. The number of aromatic nitrogens is 1. The summed E-state index contributed by atoms with van der Waals surface area (Å²) in [4.78, 5) is 18.4. The number of ether oxygens (including phenoxy) is 2. The Bertz CT molecular complexity index is 1400. The summed E-state index contributed by atoms with van der Waals surface area (Å²) in [6.07, 6.45) is 4.52. The Morgan fingerprint density at radius 3 is 2.26 bits per heavy atom. The second-order valence-corrected chi connectivity index (χ2v) is 11.5. The molecule has 0 amide bonds. The van der Waals surface area contributed by atoms with Gasteiger partial charge in [0.25, 0.3) is 6.47 Å². The van der Waals surface area contributed by atoms with E-state index in [1.54, 1.807) is 24.3 Å². The van der Waals surface area contributed by atoms with Crippen LogP contribution in [0.2, 0.25) is 10.0 Å². The van der Waals surface area contributed by atoms with Crippen molar-refractivity contribution in [2.45, 2.75) is 45.6 Å². The van der Waals surface area contributed by atoms with Gasteiger partial charge in [0, 0.05) is 39.7 Å². The number of nitrogens with zero attached hydrogens (tertiary/aromatic N) is 2. The van der Waals surface area contributed by atoms with Gasteiger partial charge in [-0.1, -0.05) is 49.2 Å². The molecule has 1 atom stereocenters. The van der Waals surface area contributed by atoms with Crippen molar-refractivity contribution in [2.24, 2.45) is 0 Å². The average molecular weight is 611 g/mol. The van der Waals surface area contributed by atoms with Crippen LogP contribution in [-0.2, 0) is 11.2 Å². The quantitative estimate of drug-likeness (QED) is 0.130. The van der Waals surface area contributed by atoms with Crippen molar-refractivity contribution in [2.75, 3.05) is 39.8 Å². The molecular weight excluding hydrogens is 569 g/mol. The summed E-state index contributed by atoms with van der Waals surface area (Å²) in [5.74, 6) is 1.45. The number of hydrogen-bond donors (Lipinski definition) is 1. The maximum Gasteiger partial charge on any atom is 0.298 e. The van der Waals surface area contributed by atoms with E-state index >= 15 is 0 Å². The first kappa shape index (κ1) is 31.9. The van der Waals surface area contributed by atoms with Crippen molar-refractivity contribution in [1.82, 2.24) is 14.8 Å². The van der Waals surface area contributed by atoms with E-state index in [9.17, 15) is 4.79 Å². The number of rotatable bonds is 12. The van der Waals surface area contributed by atoms with Gasteiger partial charge in [0.05, 0.1) is 12.6 Å². The topological polar surface area (TPSA) is 57.8 Å². The average Bonchev–Trinajstić information content (AvgIpc) is 3.35. The molecule has 4 aromatic rings. The van der Waals surface area contributed by atoms with Gasteiger partial charge >= 0.3 is 0 Å². The first-order chi connectivity index (χ1) is 20.4. The number of aromatic amines is 1. The van der Waals surface area contributed by atoms with E-state index in [2.05, 4.69) is 76.8 Å². The maximum absolute atomic E-state index is 9.80. The molecule has 1 aliphatic rings.